The predicted molar refractivity (Wildman–Crippen MR) is 74.8 cm³/mol. The predicted octanol–water partition coefficient (Wildman–Crippen LogP) is 1.20. The summed E-state index contributed by atoms with van der Waals surface area (Å²) in [7, 11) is -3.25. The molecule has 102 valence electrons. The fourth-order valence-electron chi connectivity index (χ4n) is 2.46. The molecule has 1 saturated heterocycles. The van der Waals surface area contributed by atoms with Crippen LogP contribution < -0.4 is 14.8 Å². The molecule has 6 heteroatoms. The quantitative estimate of drug-likeness (QED) is 0.854. The third-order valence-electron chi connectivity index (χ3n) is 3.34. The first-order valence-electron chi connectivity index (χ1n) is 6.17. The van der Waals surface area contributed by atoms with Gasteiger partial charge >= 0.3 is 0 Å². The van der Waals surface area contributed by atoms with E-state index >= 15 is 0 Å². The highest BCUT2D eigenvalue weighted by atomic mass is 32.2. The second-order valence-electron chi connectivity index (χ2n) is 5.05. The van der Waals surface area contributed by atoms with Crippen molar-refractivity contribution in [2.24, 2.45) is 0 Å². The van der Waals surface area contributed by atoms with Crippen molar-refractivity contribution in [3.8, 4) is 5.75 Å². The van der Waals surface area contributed by atoms with Crippen LogP contribution in [0.15, 0.2) is 24.3 Å². The van der Waals surface area contributed by atoms with E-state index in [1.54, 1.807) is 12.1 Å². The van der Waals surface area contributed by atoms with Crippen molar-refractivity contribution in [2.45, 2.75) is 12.0 Å². The molecule has 1 atom stereocenters. The third kappa shape index (κ3) is 2.59. The first kappa shape index (κ1) is 12.5. The second-order valence-corrected chi connectivity index (χ2v) is 6.80. The normalized spacial score (nSPS) is 25.1. The van der Waals surface area contributed by atoms with Crippen molar-refractivity contribution >= 4 is 21.8 Å². The summed E-state index contributed by atoms with van der Waals surface area (Å²) in [5, 5.41) is 3.29. The van der Waals surface area contributed by atoms with Crippen LogP contribution >= 0.6 is 0 Å². The number of benzene rings is 1. The van der Waals surface area contributed by atoms with Crippen LogP contribution in [-0.4, -0.2) is 33.4 Å². The van der Waals surface area contributed by atoms with Gasteiger partial charge in [-0.25, -0.2) is 8.42 Å². The summed E-state index contributed by atoms with van der Waals surface area (Å²) in [4.78, 5) is 0. The summed E-state index contributed by atoms with van der Waals surface area (Å²) in [6.45, 7) is 1.76. The van der Waals surface area contributed by atoms with Gasteiger partial charge in [0.15, 0.2) is 0 Å². The molecular formula is C13H16N2O3S. The highest BCUT2D eigenvalue weighted by molar-refractivity contribution is 7.92. The Morgan fingerprint density at radius 2 is 2.26 bits per heavy atom. The molecule has 1 spiro atoms. The molecule has 19 heavy (non-hydrogen) atoms. The molecule has 1 unspecified atom stereocenters. The summed E-state index contributed by atoms with van der Waals surface area (Å²) in [5.41, 5.74) is 1.21. The van der Waals surface area contributed by atoms with Gasteiger partial charge in [-0.05, 0) is 30.8 Å². The molecular weight excluding hydrogens is 264 g/mol. The van der Waals surface area contributed by atoms with Crippen LogP contribution in [0.4, 0.5) is 5.69 Å². The van der Waals surface area contributed by atoms with Crippen LogP contribution in [0.3, 0.4) is 0 Å². The Bertz CT molecular complexity index is 631. The van der Waals surface area contributed by atoms with E-state index < -0.39 is 10.0 Å². The van der Waals surface area contributed by atoms with Crippen molar-refractivity contribution in [3.63, 3.8) is 0 Å². The zero-order valence-corrected chi connectivity index (χ0v) is 11.5. The maximum absolute atomic E-state index is 11.2. The van der Waals surface area contributed by atoms with E-state index in [1.807, 2.05) is 12.1 Å². The Kier molecular flexibility index (Phi) is 2.79. The SMILES string of the molecule is CS(=O)(=O)Nc1ccc2c(c1)C=CC1(CCNC1)O2. The molecule has 2 aliphatic heterocycles. The standard InChI is InChI=1S/C13H16N2O3S/c1-19(16,17)15-11-2-3-12-10(8-11)4-5-13(18-12)6-7-14-9-13/h2-5,8,14-15H,6-7,9H2,1H3. The lowest BCUT2D eigenvalue weighted by Crippen LogP contribution is -2.37. The number of hydrogen-bond acceptors (Lipinski definition) is 4. The Hall–Kier alpha value is -1.53. The van der Waals surface area contributed by atoms with Crippen LogP contribution in [-0.2, 0) is 10.0 Å². The van der Waals surface area contributed by atoms with Gasteiger partial charge in [-0.2, -0.15) is 0 Å². The minimum Gasteiger partial charge on any atom is -0.481 e. The molecule has 0 radical (unpaired) electrons. The van der Waals surface area contributed by atoms with E-state index in [-0.39, 0.29) is 5.60 Å². The van der Waals surface area contributed by atoms with E-state index in [2.05, 4.69) is 16.1 Å². The molecule has 0 aliphatic carbocycles. The largest absolute Gasteiger partial charge is 0.481 e. The number of fused-ring (bicyclic) bond motifs is 1. The molecule has 2 N–H and O–H groups in total. The molecule has 1 aromatic rings. The maximum atomic E-state index is 11.2. The van der Waals surface area contributed by atoms with Gasteiger partial charge in [0.1, 0.15) is 11.4 Å². The third-order valence-corrected chi connectivity index (χ3v) is 3.95. The fraction of sp³-hybridized carbons (Fsp3) is 0.385. The average Bonchev–Trinajstić information content (AvgIpc) is 2.76. The number of hydrogen-bond donors (Lipinski definition) is 2. The van der Waals surface area contributed by atoms with Crippen molar-refractivity contribution in [1.82, 2.24) is 5.32 Å². The molecule has 0 amide bonds. The Morgan fingerprint density at radius 1 is 1.42 bits per heavy atom. The Balaban J connectivity index is 1.89. The number of anilines is 1. The summed E-state index contributed by atoms with van der Waals surface area (Å²) < 4.78 is 30.9. The number of sulfonamides is 1. The fourth-order valence-corrected chi connectivity index (χ4v) is 3.02. The van der Waals surface area contributed by atoms with E-state index in [4.69, 9.17) is 4.74 Å². The molecule has 5 nitrogen and oxygen atoms in total. The lowest BCUT2D eigenvalue weighted by molar-refractivity contribution is 0.139. The van der Waals surface area contributed by atoms with E-state index in [0.717, 1.165) is 37.1 Å². The monoisotopic (exact) mass is 280 g/mol. The van der Waals surface area contributed by atoms with Crippen molar-refractivity contribution in [2.75, 3.05) is 24.1 Å². The maximum Gasteiger partial charge on any atom is 0.229 e. The van der Waals surface area contributed by atoms with Gasteiger partial charge in [0.05, 0.1) is 6.26 Å². The van der Waals surface area contributed by atoms with Gasteiger partial charge in [0, 0.05) is 24.2 Å². The van der Waals surface area contributed by atoms with Gasteiger partial charge < -0.3 is 10.1 Å². The molecule has 2 aliphatic rings. The first-order chi connectivity index (χ1) is 8.96. The molecule has 0 aromatic heterocycles. The highest BCUT2D eigenvalue weighted by Gasteiger charge is 2.35. The molecule has 0 bridgehead atoms. The number of nitrogens with one attached hydrogen (secondary N) is 2. The van der Waals surface area contributed by atoms with Gasteiger partial charge in [0.25, 0.3) is 0 Å². The molecule has 0 saturated carbocycles. The topological polar surface area (TPSA) is 67.4 Å². The average molecular weight is 280 g/mol. The minimum absolute atomic E-state index is 0.237. The number of ether oxygens (including phenoxy) is 1. The smallest absolute Gasteiger partial charge is 0.229 e. The van der Waals surface area contributed by atoms with Gasteiger partial charge in [-0.3, -0.25) is 4.72 Å². The number of rotatable bonds is 2. The Morgan fingerprint density at radius 3 is 2.95 bits per heavy atom. The lowest BCUT2D eigenvalue weighted by Gasteiger charge is -2.30. The lowest BCUT2D eigenvalue weighted by atomic mass is 9.97. The zero-order chi connectivity index (χ0) is 13.5. The summed E-state index contributed by atoms with van der Waals surface area (Å²) in [6, 6.07) is 5.31. The van der Waals surface area contributed by atoms with Crippen LogP contribution in [0, 0.1) is 0 Å². The van der Waals surface area contributed by atoms with Gasteiger partial charge in [-0.15, -0.1) is 0 Å². The van der Waals surface area contributed by atoms with Crippen molar-refractivity contribution in [3.05, 3.63) is 29.8 Å². The first-order valence-corrected chi connectivity index (χ1v) is 8.06. The molecule has 1 fully saturated rings. The van der Waals surface area contributed by atoms with E-state index in [1.165, 1.54) is 0 Å². The van der Waals surface area contributed by atoms with Gasteiger partial charge in [-0.1, -0.05) is 6.08 Å². The zero-order valence-electron chi connectivity index (χ0n) is 10.6. The molecule has 3 rings (SSSR count). The minimum atomic E-state index is -3.25. The van der Waals surface area contributed by atoms with Gasteiger partial charge in [0.2, 0.25) is 10.0 Å². The van der Waals surface area contributed by atoms with Crippen LogP contribution in [0.5, 0.6) is 5.75 Å². The Labute approximate surface area is 112 Å². The van der Waals surface area contributed by atoms with E-state index in [0.29, 0.717) is 5.69 Å². The molecule has 2 heterocycles. The second kappa shape index (κ2) is 4.25. The van der Waals surface area contributed by atoms with Crippen LogP contribution in [0.25, 0.3) is 6.08 Å². The highest BCUT2D eigenvalue weighted by Crippen LogP contribution is 2.35. The van der Waals surface area contributed by atoms with Crippen molar-refractivity contribution < 1.29 is 13.2 Å². The summed E-state index contributed by atoms with van der Waals surface area (Å²) in [6.07, 6.45) is 6.14. The van der Waals surface area contributed by atoms with E-state index in [9.17, 15) is 8.42 Å². The van der Waals surface area contributed by atoms with Crippen molar-refractivity contribution in [1.29, 1.82) is 0 Å². The summed E-state index contributed by atoms with van der Waals surface area (Å²) in [5.74, 6) is 0.797. The molecule has 1 aromatic carbocycles. The van der Waals surface area contributed by atoms with Crippen LogP contribution in [0.1, 0.15) is 12.0 Å². The van der Waals surface area contributed by atoms with Crippen LogP contribution in [0.2, 0.25) is 0 Å². The summed E-state index contributed by atoms with van der Waals surface area (Å²) >= 11 is 0.